The zero-order valence-electron chi connectivity index (χ0n) is 33.8. The van der Waals surface area contributed by atoms with Gasteiger partial charge in [0.1, 0.15) is 16.7 Å². The molecule has 1 aliphatic heterocycles. The van der Waals surface area contributed by atoms with E-state index in [1.54, 1.807) is 24.3 Å². The van der Waals surface area contributed by atoms with Crippen molar-refractivity contribution in [1.82, 2.24) is 25.4 Å². The van der Waals surface area contributed by atoms with Crippen LogP contribution in [-0.4, -0.2) is 96.4 Å². The Labute approximate surface area is 329 Å². The van der Waals surface area contributed by atoms with E-state index in [0.717, 1.165) is 42.1 Å². The van der Waals surface area contributed by atoms with Crippen LogP contribution in [0.2, 0.25) is 0 Å². The Morgan fingerprint density at radius 3 is 2.31 bits per heavy atom. The van der Waals surface area contributed by atoms with Gasteiger partial charge >= 0.3 is 11.9 Å². The number of aromatic nitrogens is 1. The normalized spacial score (nSPS) is 17.5. The van der Waals surface area contributed by atoms with E-state index >= 15 is 0 Å². The molecule has 0 saturated carbocycles. The highest BCUT2D eigenvalue weighted by Gasteiger charge is 2.37. The first kappa shape index (κ1) is 43.4. The van der Waals surface area contributed by atoms with E-state index in [-0.39, 0.29) is 53.8 Å². The lowest BCUT2D eigenvalue weighted by molar-refractivity contribution is -0.149. The van der Waals surface area contributed by atoms with Crippen LogP contribution in [0.25, 0.3) is 10.8 Å². The number of rotatable bonds is 17. The highest BCUT2D eigenvalue weighted by atomic mass is 32.1. The molecule has 0 bridgehead atoms. The minimum atomic E-state index is -0.831. The van der Waals surface area contributed by atoms with Crippen LogP contribution < -0.4 is 10.6 Å². The van der Waals surface area contributed by atoms with Crippen LogP contribution in [-0.2, 0) is 35.1 Å². The van der Waals surface area contributed by atoms with Crippen molar-refractivity contribution in [2.45, 2.75) is 110 Å². The number of nitrogens with zero attached hydrogens (tertiary/aromatic N) is 3. The summed E-state index contributed by atoms with van der Waals surface area (Å²) in [6.07, 6.45) is 3.00. The predicted molar refractivity (Wildman–Crippen MR) is 214 cm³/mol. The van der Waals surface area contributed by atoms with Crippen LogP contribution in [0.15, 0.2) is 47.8 Å². The molecule has 300 valence electrons. The summed E-state index contributed by atoms with van der Waals surface area (Å²) in [5.74, 6) is -2.33. The number of likely N-dealkylation sites (tertiary alicyclic amines) is 1. The maximum Gasteiger partial charge on any atom is 0.308 e. The smallest absolute Gasteiger partial charge is 0.308 e. The number of benzene rings is 2. The van der Waals surface area contributed by atoms with E-state index in [0.29, 0.717) is 17.8 Å². The molecule has 6 atom stereocenters. The average Bonchev–Trinajstić information content (AvgIpc) is 3.65. The second-order valence-electron chi connectivity index (χ2n) is 15.6. The minimum Gasteiger partial charge on any atom is -0.469 e. The van der Waals surface area contributed by atoms with Gasteiger partial charge in [-0.2, -0.15) is 0 Å². The van der Waals surface area contributed by atoms with Gasteiger partial charge in [-0.1, -0.05) is 83.5 Å². The number of ether oxygens (including phenoxy) is 2. The maximum atomic E-state index is 14.1. The van der Waals surface area contributed by atoms with E-state index < -0.39 is 36.0 Å². The second-order valence-corrected chi connectivity index (χ2v) is 16.5. The number of carbonyl (C=O) groups excluding carboxylic acids is 5. The van der Waals surface area contributed by atoms with Gasteiger partial charge in [-0.3, -0.25) is 28.9 Å². The zero-order chi connectivity index (χ0) is 40.4. The van der Waals surface area contributed by atoms with Crippen molar-refractivity contribution in [3.63, 3.8) is 0 Å². The Kier molecular flexibility index (Phi) is 15.8. The van der Waals surface area contributed by atoms with E-state index in [2.05, 4.69) is 21.7 Å². The number of nitrogens with one attached hydrogen (secondary N) is 2. The first-order chi connectivity index (χ1) is 26.1. The van der Waals surface area contributed by atoms with Crippen molar-refractivity contribution in [2.75, 3.05) is 27.7 Å². The van der Waals surface area contributed by atoms with Crippen molar-refractivity contribution < 1.29 is 33.4 Å². The summed E-state index contributed by atoms with van der Waals surface area (Å²) in [5.41, 5.74) is 1.17. The third-order valence-electron chi connectivity index (χ3n) is 10.6. The van der Waals surface area contributed by atoms with Crippen LogP contribution in [0.3, 0.4) is 0 Å². The Balaban J connectivity index is 1.52. The number of hydrogen-bond acceptors (Lipinski definition) is 10. The number of thiazole rings is 1. The third-order valence-corrected chi connectivity index (χ3v) is 11.5. The Bertz CT molecular complexity index is 1790. The molecule has 4 rings (SSSR count). The molecular weight excluding hydrogens is 719 g/mol. The Hall–Kier alpha value is -4.36. The molecule has 2 aromatic carbocycles. The number of methoxy groups -OCH3 is 1. The summed E-state index contributed by atoms with van der Waals surface area (Å²) in [7, 11) is 5.01. The Morgan fingerprint density at radius 2 is 1.67 bits per heavy atom. The molecule has 1 saturated heterocycles. The number of amides is 3. The lowest BCUT2D eigenvalue weighted by atomic mass is 9.94. The van der Waals surface area contributed by atoms with Crippen LogP contribution in [0.1, 0.15) is 101 Å². The molecule has 0 aliphatic carbocycles. The fraction of sp³-hybridized carbons (Fsp3) is 0.571. The van der Waals surface area contributed by atoms with Crippen LogP contribution >= 0.6 is 11.3 Å². The SMILES string of the molecule is COC(=O)[C@@H](C)C[C@H](Cc1ccc2ccccc2c1)NC(=O)c1csc([C@@H](C[C@H](C(C)C)N(C)C(=O)[C@@H](NC(=O)[C@H]2CCCCN2C)C(C)C)OC(C)=O)n1. The summed E-state index contributed by atoms with van der Waals surface area (Å²) in [6, 6.07) is 12.4. The van der Waals surface area contributed by atoms with Gasteiger partial charge in [0.25, 0.3) is 5.91 Å². The standard InChI is InChI=1S/C42H59N5O7S/c1-25(2)35(47(8)41(51)37(26(3)4)45-39(50)34-16-12-13-19-46(34)7)23-36(54-28(6)48)40-44-33(24-55-40)38(49)43-32(20-27(5)42(52)53-9)22-29-17-18-30-14-10-11-15-31(30)21-29/h10-11,14-15,17-18,21,24-27,32,34-37H,12-13,16,19-20,22-23H2,1-9H3,(H,43,49)(H,45,50)/t27-,32+,34+,35+,36+,37-/m0/s1. The van der Waals surface area contributed by atoms with Crippen LogP contribution in [0.5, 0.6) is 0 Å². The molecule has 3 amide bonds. The van der Waals surface area contributed by atoms with Gasteiger partial charge in [-0.05, 0) is 67.4 Å². The fourth-order valence-electron chi connectivity index (χ4n) is 7.42. The summed E-state index contributed by atoms with van der Waals surface area (Å²) < 4.78 is 10.8. The molecule has 2 N–H and O–H groups in total. The van der Waals surface area contributed by atoms with Gasteiger partial charge in [0.2, 0.25) is 11.8 Å². The molecule has 1 aliphatic rings. The first-order valence-electron chi connectivity index (χ1n) is 19.4. The molecule has 0 spiro atoms. The number of carbonyl (C=O) groups is 5. The van der Waals surface area contributed by atoms with Gasteiger partial charge < -0.3 is 25.0 Å². The van der Waals surface area contributed by atoms with Crippen molar-refractivity contribution in [2.24, 2.45) is 17.8 Å². The van der Waals surface area contributed by atoms with Gasteiger partial charge in [-0.15, -0.1) is 11.3 Å². The molecule has 55 heavy (non-hydrogen) atoms. The van der Waals surface area contributed by atoms with Crippen molar-refractivity contribution in [3.8, 4) is 0 Å². The first-order valence-corrected chi connectivity index (χ1v) is 20.2. The van der Waals surface area contributed by atoms with Crippen molar-refractivity contribution in [3.05, 3.63) is 64.1 Å². The Morgan fingerprint density at radius 1 is 0.964 bits per heavy atom. The summed E-state index contributed by atoms with van der Waals surface area (Å²) in [6.45, 7) is 11.7. The lowest BCUT2D eigenvalue weighted by Crippen LogP contribution is -2.57. The molecule has 1 fully saturated rings. The largest absolute Gasteiger partial charge is 0.469 e. The summed E-state index contributed by atoms with van der Waals surface area (Å²) in [4.78, 5) is 74.3. The molecule has 0 unspecified atom stereocenters. The van der Waals surface area contributed by atoms with Gasteiger partial charge in [0.05, 0.1) is 19.1 Å². The fourth-order valence-corrected chi connectivity index (χ4v) is 8.25. The van der Waals surface area contributed by atoms with E-state index in [9.17, 15) is 24.0 Å². The quantitative estimate of drug-likeness (QED) is 0.159. The van der Waals surface area contributed by atoms with Crippen molar-refractivity contribution >= 4 is 51.8 Å². The van der Waals surface area contributed by atoms with E-state index in [1.165, 1.54) is 25.4 Å². The highest BCUT2D eigenvalue weighted by molar-refractivity contribution is 7.09. The number of fused-ring (bicyclic) bond motifs is 1. The number of likely N-dealkylation sites (N-methyl/N-ethyl adjacent to an activating group) is 2. The van der Waals surface area contributed by atoms with Crippen LogP contribution in [0.4, 0.5) is 0 Å². The average molecular weight is 778 g/mol. The monoisotopic (exact) mass is 777 g/mol. The topological polar surface area (TPSA) is 147 Å². The summed E-state index contributed by atoms with van der Waals surface area (Å²) in [5, 5.41) is 10.4. The number of esters is 2. The molecule has 0 radical (unpaired) electrons. The molecule has 1 aromatic heterocycles. The van der Waals surface area contributed by atoms with Gasteiger partial charge in [0.15, 0.2) is 6.10 Å². The van der Waals surface area contributed by atoms with Gasteiger partial charge in [-0.25, -0.2) is 4.98 Å². The molecule has 3 aromatic rings. The predicted octanol–water partition coefficient (Wildman–Crippen LogP) is 5.94. The summed E-state index contributed by atoms with van der Waals surface area (Å²) >= 11 is 1.20. The molecule has 13 heteroatoms. The minimum absolute atomic E-state index is 0.0459. The van der Waals surface area contributed by atoms with E-state index in [1.807, 2.05) is 76.0 Å². The third kappa shape index (κ3) is 11.8. The van der Waals surface area contributed by atoms with Crippen LogP contribution in [0, 0.1) is 17.8 Å². The second kappa shape index (κ2) is 20.0. The van der Waals surface area contributed by atoms with E-state index in [4.69, 9.17) is 9.47 Å². The lowest BCUT2D eigenvalue weighted by Gasteiger charge is -2.37. The number of piperidine rings is 1. The maximum absolute atomic E-state index is 14.1. The molecule has 2 heterocycles. The van der Waals surface area contributed by atoms with Gasteiger partial charge in [0, 0.05) is 37.9 Å². The van der Waals surface area contributed by atoms with Crippen molar-refractivity contribution in [1.29, 1.82) is 0 Å². The molecule has 12 nitrogen and oxygen atoms in total. The number of hydrogen-bond donors (Lipinski definition) is 2. The zero-order valence-corrected chi connectivity index (χ0v) is 34.6. The molecular formula is C42H59N5O7S. The highest BCUT2D eigenvalue weighted by Crippen LogP contribution is 2.31.